The third kappa shape index (κ3) is 5.36. The molecule has 10 nitrogen and oxygen atoms in total. The van der Waals surface area contributed by atoms with Crippen LogP contribution in [-0.2, 0) is 15.0 Å². The summed E-state index contributed by atoms with van der Waals surface area (Å²) in [5.74, 6) is -2.38. The number of carboxylic acid groups (broad SMARTS) is 1. The number of nitrogens with one attached hydrogen (secondary N) is 2. The Bertz CT molecular complexity index is 1180. The summed E-state index contributed by atoms with van der Waals surface area (Å²) < 4.78 is 1.49. The van der Waals surface area contributed by atoms with Crippen molar-refractivity contribution < 1.29 is 14.7 Å². The van der Waals surface area contributed by atoms with E-state index < -0.39 is 11.9 Å². The van der Waals surface area contributed by atoms with Gasteiger partial charge < -0.3 is 14.9 Å². The van der Waals surface area contributed by atoms with Crippen molar-refractivity contribution in [3.05, 3.63) is 51.4 Å². The van der Waals surface area contributed by atoms with Crippen LogP contribution in [-0.4, -0.2) is 73.6 Å². The van der Waals surface area contributed by atoms with Crippen LogP contribution >= 0.6 is 12.2 Å². The number of aliphatic carboxylic acids is 1. The summed E-state index contributed by atoms with van der Waals surface area (Å²) in [6.07, 6.45) is 0. The van der Waals surface area contributed by atoms with E-state index in [4.69, 9.17) is 17.3 Å². The van der Waals surface area contributed by atoms with Crippen molar-refractivity contribution in [3.8, 4) is 5.69 Å². The highest BCUT2D eigenvalue weighted by Crippen LogP contribution is 2.23. The molecule has 34 heavy (non-hydrogen) atoms. The van der Waals surface area contributed by atoms with Crippen molar-refractivity contribution in [1.29, 1.82) is 0 Å². The molecule has 1 aliphatic heterocycles. The van der Waals surface area contributed by atoms with Gasteiger partial charge in [-0.25, -0.2) is 9.48 Å². The second-order valence-corrected chi connectivity index (χ2v) is 9.63. The van der Waals surface area contributed by atoms with E-state index in [1.54, 1.807) is 11.8 Å². The molecule has 3 N–H and O–H groups in total. The number of hydrogen-bond donors (Lipinski definition) is 3. The molecule has 0 atom stereocenters. The molecule has 3 rings (SSSR count). The summed E-state index contributed by atoms with van der Waals surface area (Å²) in [7, 11) is 0. The van der Waals surface area contributed by atoms with Crippen molar-refractivity contribution in [2.45, 2.75) is 40.0 Å². The Morgan fingerprint density at radius 2 is 1.65 bits per heavy atom. The molecule has 1 aliphatic rings. The smallest absolute Gasteiger partial charge is 0.394 e. The molecule has 1 amide bonds. The molecule has 1 aromatic heterocycles. The van der Waals surface area contributed by atoms with Gasteiger partial charge in [0.25, 0.3) is 5.56 Å². The van der Waals surface area contributed by atoms with Crippen LogP contribution in [0.1, 0.15) is 44.5 Å². The fraction of sp³-hybridized carbons (Fsp3) is 0.435. The van der Waals surface area contributed by atoms with E-state index in [1.807, 2.05) is 31.2 Å². The quantitative estimate of drug-likeness (QED) is 0.261. The number of carbonyl (C=O) groups excluding carboxylic acids is 1. The van der Waals surface area contributed by atoms with Crippen LogP contribution < -0.4 is 11.0 Å². The third-order valence-electron chi connectivity index (χ3n) is 5.78. The standard InChI is InChI=1S/C23H30N6O4S/c1-14(24-25-22(34)28-12-10-27(11-13-28)20(31)21(32)33)18-15(2)26-29(19(18)30)17-8-6-16(7-9-17)23(3,4)5/h6-9,26H,10-13H2,1-5H3,(H,25,34)(H,32,33)/b24-14-. The number of thiocarbonyl (C=S) groups is 1. The molecule has 2 aromatic rings. The van der Waals surface area contributed by atoms with Crippen LogP contribution in [0.5, 0.6) is 0 Å². The van der Waals surface area contributed by atoms with Crippen molar-refractivity contribution >= 4 is 34.9 Å². The first-order valence-electron chi connectivity index (χ1n) is 10.9. The molecule has 0 unspecified atom stereocenters. The van der Waals surface area contributed by atoms with E-state index >= 15 is 0 Å². The normalized spacial score (nSPS) is 14.8. The van der Waals surface area contributed by atoms with Gasteiger partial charge in [-0.05, 0) is 49.2 Å². The van der Waals surface area contributed by atoms with Crippen LogP contribution in [0.25, 0.3) is 5.69 Å². The van der Waals surface area contributed by atoms with Gasteiger partial charge in [-0.3, -0.25) is 20.1 Å². The van der Waals surface area contributed by atoms with Gasteiger partial charge in [0.05, 0.1) is 17.0 Å². The van der Waals surface area contributed by atoms with E-state index in [0.29, 0.717) is 35.2 Å². The first-order chi connectivity index (χ1) is 15.9. The van der Waals surface area contributed by atoms with Gasteiger partial charge >= 0.3 is 11.9 Å². The van der Waals surface area contributed by atoms with Crippen LogP contribution in [0.4, 0.5) is 0 Å². The second-order valence-electron chi connectivity index (χ2n) is 9.25. The van der Waals surface area contributed by atoms with Gasteiger partial charge in [-0.1, -0.05) is 32.9 Å². The number of hydrazone groups is 1. The minimum Gasteiger partial charge on any atom is -0.474 e. The van der Waals surface area contributed by atoms with Crippen molar-refractivity contribution in [2.24, 2.45) is 5.10 Å². The zero-order valence-electron chi connectivity index (χ0n) is 20.0. The summed E-state index contributed by atoms with van der Waals surface area (Å²) >= 11 is 5.38. The van der Waals surface area contributed by atoms with E-state index in [2.05, 4.69) is 36.4 Å². The Balaban J connectivity index is 1.70. The highest BCUT2D eigenvalue weighted by molar-refractivity contribution is 7.80. The number of carbonyl (C=O) groups is 2. The molecular formula is C23H30N6O4S. The van der Waals surface area contributed by atoms with Crippen molar-refractivity contribution in [2.75, 3.05) is 26.2 Å². The maximum atomic E-state index is 13.1. The molecule has 2 heterocycles. The van der Waals surface area contributed by atoms with Gasteiger partial charge in [0.1, 0.15) is 0 Å². The molecule has 11 heteroatoms. The predicted octanol–water partition coefficient (Wildman–Crippen LogP) is 1.60. The van der Waals surface area contributed by atoms with Crippen LogP contribution in [0.3, 0.4) is 0 Å². The summed E-state index contributed by atoms with van der Waals surface area (Å²) in [4.78, 5) is 38.6. The molecule has 0 bridgehead atoms. The first kappa shape index (κ1) is 25.2. The fourth-order valence-corrected chi connectivity index (χ4v) is 4.00. The van der Waals surface area contributed by atoms with Crippen LogP contribution in [0.15, 0.2) is 34.2 Å². The topological polar surface area (TPSA) is 123 Å². The van der Waals surface area contributed by atoms with E-state index in [-0.39, 0.29) is 24.1 Å². The lowest BCUT2D eigenvalue weighted by atomic mass is 9.87. The lowest BCUT2D eigenvalue weighted by Crippen LogP contribution is -2.53. The first-order valence-corrected chi connectivity index (χ1v) is 11.3. The Morgan fingerprint density at radius 3 is 2.18 bits per heavy atom. The number of amides is 1. The number of piperazine rings is 1. The average molecular weight is 487 g/mol. The molecule has 0 radical (unpaired) electrons. The largest absolute Gasteiger partial charge is 0.474 e. The number of aromatic nitrogens is 2. The van der Waals surface area contributed by atoms with Crippen LogP contribution in [0.2, 0.25) is 0 Å². The van der Waals surface area contributed by atoms with E-state index in [1.165, 1.54) is 15.1 Å². The Labute approximate surface area is 203 Å². The summed E-state index contributed by atoms with van der Waals surface area (Å²) in [6, 6.07) is 7.86. The SMILES string of the molecule is C/C(=N/NC(=S)N1CCN(C(=O)C(=O)O)CC1)c1c(C)[nH]n(-c2ccc(C(C)(C)C)cc2)c1=O. The fourth-order valence-electron chi connectivity index (χ4n) is 3.77. The summed E-state index contributed by atoms with van der Waals surface area (Å²) in [5.41, 5.74) is 6.14. The molecule has 182 valence electrons. The number of aromatic amines is 1. The van der Waals surface area contributed by atoms with Gasteiger partial charge in [-0.2, -0.15) is 5.10 Å². The minimum atomic E-state index is -1.47. The number of nitrogens with zero attached hydrogens (tertiary/aromatic N) is 4. The monoisotopic (exact) mass is 486 g/mol. The lowest BCUT2D eigenvalue weighted by Gasteiger charge is -2.34. The van der Waals surface area contributed by atoms with Crippen LogP contribution in [0, 0.1) is 6.92 Å². The minimum absolute atomic E-state index is 0.0199. The number of H-pyrrole nitrogens is 1. The summed E-state index contributed by atoms with van der Waals surface area (Å²) in [5, 5.41) is 16.6. The number of carboxylic acids is 1. The van der Waals surface area contributed by atoms with E-state index in [9.17, 15) is 14.4 Å². The zero-order chi connectivity index (χ0) is 25.2. The second kappa shape index (κ2) is 9.80. The molecule has 0 saturated carbocycles. The molecule has 0 aliphatic carbocycles. The Hall–Kier alpha value is -3.47. The lowest BCUT2D eigenvalue weighted by molar-refractivity contribution is -0.156. The maximum absolute atomic E-state index is 13.1. The average Bonchev–Trinajstić information content (AvgIpc) is 3.10. The predicted molar refractivity (Wildman–Crippen MR) is 134 cm³/mol. The number of benzene rings is 1. The molecular weight excluding hydrogens is 456 g/mol. The number of aryl methyl sites for hydroxylation is 1. The maximum Gasteiger partial charge on any atom is 0.394 e. The summed E-state index contributed by atoms with van der Waals surface area (Å²) in [6.45, 7) is 11.2. The molecule has 1 aromatic carbocycles. The zero-order valence-corrected chi connectivity index (χ0v) is 20.8. The third-order valence-corrected chi connectivity index (χ3v) is 6.13. The molecule has 0 spiro atoms. The van der Waals surface area contributed by atoms with Gasteiger partial charge in [0.2, 0.25) is 0 Å². The Kier molecular flexibility index (Phi) is 7.25. The number of hydrogen-bond acceptors (Lipinski definition) is 5. The Morgan fingerprint density at radius 1 is 1.09 bits per heavy atom. The van der Waals surface area contributed by atoms with Gasteiger partial charge in [0.15, 0.2) is 5.11 Å². The van der Waals surface area contributed by atoms with E-state index in [0.717, 1.165) is 5.69 Å². The number of rotatable bonds is 3. The van der Waals surface area contributed by atoms with Gasteiger partial charge in [0, 0.05) is 31.9 Å². The van der Waals surface area contributed by atoms with Crippen molar-refractivity contribution in [3.63, 3.8) is 0 Å². The molecule has 1 saturated heterocycles. The van der Waals surface area contributed by atoms with Crippen molar-refractivity contribution in [1.82, 2.24) is 25.0 Å². The van der Waals surface area contributed by atoms with Gasteiger partial charge in [-0.15, -0.1) is 0 Å². The highest BCUT2D eigenvalue weighted by atomic mass is 32.1. The highest BCUT2D eigenvalue weighted by Gasteiger charge is 2.26. The molecule has 1 fully saturated rings.